The summed E-state index contributed by atoms with van der Waals surface area (Å²) < 4.78 is 3.80. The van der Waals surface area contributed by atoms with Gasteiger partial charge in [-0.2, -0.15) is 0 Å². The van der Waals surface area contributed by atoms with Crippen LogP contribution in [-0.4, -0.2) is 3.21 Å². The Balaban J connectivity index is 0.00000144. The van der Waals surface area contributed by atoms with Crippen LogP contribution in [0.3, 0.4) is 0 Å². The van der Waals surface area contributed by atoms with E-state index in [4.69, 9.17) is 0 Å². The van der Waals surface area contributed by atoms with Crippen molar-refractivity contribution in [3.8, 4) is 11.1 Å². The van der Waals surface area contributed by atoms with E-state index >= 15 is 0 Å². The molecule has 4 aromatic rings. The van der Waals surface area contributed by atoms with E-state index in [9.17, 15) is 0 Å². The fraction of sp³-hybridized carbons (Fsp3) is 0.0938. The third kappa shape index (κ3) is 4.75. The molecular formula is C32H26Cl2Zr. The van der Waals surface area contributed by atoms with Gasteiger partial charge in [-0.25, -0.2) is 0 Å². The van der Waals surface area contributed by atoms with E-state index in [1.807, 2.05) is 0 Å². The van der Waals surface area contributed by atoms with Gasteiger partial charge in [-0.3, -0.25) is 0 Å². The Morgan fingerprint density at radius 1 is 0.629 bits per heavy atom. The van der Waals surface area contributed by atoms with Gasteiger partial charge in [0.25, 0.3) is 0 Å². The molecule has 172 valence electrons. The average molecular weight is 573 g/mol. The third-order valence-corrected chi connectivity index (χ3v) is 15.2. The van der Waals surface area contributed by atoms with Gasteiger partial charge < -0.3 is 24.8 Å². The summed E-state index contributed by atoms with van der Waals surface area (Å²) in [6, 6.07) is 40.6. The predicted molar refractivity (Wildman–Crippen MR) is 136 cm³/mol. The smallest absolute Gasteiger partial charge is 1.00 e. The minimum absolute atomic E-state index is 0. The molecule has 2 aliphatic carbocycles. The van der Waals surface area contributed by atoms with Crippen LogP contribution in [0.1, 0.15) is 39.2 Å². The minimum Gasteiger partial charge on any atom is -1.00 e. The molecule has 3 heteroatoms. The maximum atomic E-state index is 2.52. The average Bonchev–Trinajstić information content (AvgIpc) is 3.45. The van der Waals surface area contributed by atoms with E-state index in [2.05, 4.69) is 128 Å². The molecule has 0 N–H and O–H groups in total. The number of rotatable bonds is 4. The van der Waals surface area contributed by atoms with Crippen LogP contribution in [0.25, 0.3) is 11.1 Å². The Bertz CT molecular complexity index is 1350. The molecule has 0 saturated carbocycles. The van der Waals surface area contributed by atoms with Crippen molar-refractivity contribution >= 4 is 3.21 Å². The monoisotopic (exact) mass is 570 g/mol. The first-order valence-corrected chi connectivity index (χ1v) is 15.6. The normalized spacial score (nSPS) is 13.3. The van der Waals surface area contributed by atoms with E-state index in [1.54, 1.807) is 6.49 Å². The molecule has 0 radical (unpaired) electrons. The minimum atomic E-state index is -2.51. The van der Waals surface area contributed by atoms with Gasteiger partial charge in [-0.1, -0.05) is 0 Å². The van der Waals surface area contributed by atoms with Gasteiger partial charge >= 0.3 is 205 Å². The molecule has 0 spiro atoms. The zero-order valence-corrected chi connectivity index (χ0v) is 23.6. The van der Waals surface area contributed by atoms with Crippen LogP contribution >= 0.6 is 0 Å². The van der Waals surface area contributed by atoms with Crippen molar-refractivity contribution in [2.75, 3.05) is 0 Å². The Labute approximate surface area is 228 Å². The van der Waals surface area contributed by atoms with Gasteiger partial charge in [0.05, 0.1) is 0 Å². The van der Waals surface area contributed by atoms with Crippen molar-refractivity contribution in [2.45, 2.75) is 17.0 Å². The first-order chi connectivity index (χ1) is 16.3. The molecule has 0 fully saturated rings. The number of allylic oxidation sites excluding steroid dienone is 4. The van der Waals surface area contributed by atoms with Crippen molar-refractivity contribution in [1.29, 1.82) is 0 Å². The van der Waals surface area contributed by atoms with Crippen molar-refractivity contribution in [3.63, 3.8) is 0 Å². The molecule has 0 nitrogen and oxygen atoms in total. The fourth-order valence-corrected chi connectivity index (χ4v) is 14.8. The predicted octanol–water partition coefficient (Wildman–Crippen LogP) is 1.89. The van der Waals surface area contributed by atoms with Crippen molar-refractivity contribution < 1.29 is 46.1 Å². The van der Waals surface area contributed by atoms with Crippen LogP contribution in [-0.2, 0) is 21.3 Å². The van der Waals surface area contributed by atoms with Gasteiger partial charge in [-0.15, -0.1) is 0 Å². The second-order valence-corrected chi connectivity index (χ2v) is 15.2. The Morgan fingerprint density at radius 2 is 1.09 bits per heavy atom. The second-order valence-electron chi connectivity index (χ2n) is 8.95. The Hall–Kier alpha value is -2.31. The van der Waals surface area contributed by atoms with Crippen LogP contribution in [0.15, 0.2) is 130 Å². The summed E-state index contributed by atoms with van der Waals surface area (Å²) in [6.45, 7) is 2.26. The molecule has 0 aromatic heterocycles. The van der Waals surface area contributed by atoms with Crippen LogP contribution in [0, 0.1) is 0 Å². The number of hydrogen-bond donors (Lipinski definition) is 0. The largest absolute Gasteiger partial charge is 1.00 e. The first kappa shape index (κ1) is 25.8. The SMILES string of the molecule is CC1=CC[C]([Zr+2](=[C](c2ccccc2)c2ccccc2)[CH]2c3ccccc3-c3ccccc32)=C1.[Cl-].[Cl-]. The van der Waals surface area contributed by atoms with Gasteiger partial charge in [0.2, 0.25) is 0 Å². The summed E-state index contributed by atoms with van der Waals surface area (Å²) in [6.07, 6.45) is 6.05. The zero-order valence-electron chi connectivity index (χ0n) is 19.6. The molecule has 0 atom stereocenters. The Morgan fingerprint density at radius 3 is 1.54 bits per heavy atom. The van der Waals surface area contributed by atoms with E-state index in [0.717, 1.165) is 6.42 Å². The molecule has 0 aliphatic heterocycles. The summed E-state index contributed by atoms with van der Waals surface area (Å²) in [5.74, 6) is 0. The summed E-state index contributed by atoms with van der Waals surface area (Å²) in [5.41, 5.74) is 10.1. The molecule has 0 saturated heterocycles. The molecular weight excluding hydrogens is 546 g/mol. The van der Waals surface area contributed by atoms with Crippen LogP contribution in [0.5, 0.6) is 0 Å². The molecule has 6 rings (SSSR count). The third-order valence-electron chi connectivity index (χ3n) is 6.91. The standard InChI is InChI=1S/C13H9.C13H10.C6H7.2ClH.Zr/c1-3-7-12-10(5-1)9-11-6-2-4-8-13(11)12;1-3-7-12(8-4-1)11-13-9-5-2-6-10-13;1-6-4-2-3-5-6;;;/h1-9H;1-10H;4-5H,2H2,1H3;2*1H;/q;;;;;+2/p-2. The van der Waals surface area contributed by atoms with Gasteiger partial charge in [-0.05, 0) is 0 Å². The van der Waals surface area contributed by atoms with Crippen molar-refractivity contribution in [3.05, 3.63) is 152 Å². The molecule has 4 aromatic carbocycles. The number of halogens is 2. The number of benzene rings is 4. The zero-order chi connectivity index (χ0) is 22.2. The van der Waals surface area contributed by atoms with Crippen LogP contribution in [0.2, 0.25) is 0 Å². The van der Waals surface area contributed by atoms with Gasteiger partial charge in [0, 0.05) is 0 Å². The maximum Gasteiger partial charge on any atom is -1.00 e. The summed E-state index contributed by atoms with van der Waals surface area (Å²) in [7, 11) is 0. The van der Waals surface area contributed by atoms with Crippen molar-refractivity contribution in [2.24, 2.45) is 0 Å². The second kappa shape index (κ2) is 11.2. The molecule has 0 heterocycles. The molecule has 2 aliphatic rings. The number of fused-ring (bicyclic) bond motifs is 3. The van der Waals surface area contributed by atoms with Crippen molar-refractivity contribution in [1.82, 2.24) is 0 Å². The van der Waals surface area contributed by atoms with E-state index in [-0.39, 0.29) is 24.8 Å². The van der Waals surface area contributed by atoms with Crippen LogP contribution < -0.4 is 24.8 Å². The molecule has 0 bridgehead atoms. The fourth-order valence-electron chi connectivity index (χ4n) is 5.50. The topological polar surface area (TPSA) is 0 Å². The van der Waals surface area contributed by atoms with Crippen LogP contribution in [0.4, 0.5) is 0 Å². The molecule has 0 amide bonds. The van der Waals surface area contributed by atoms with E-state index in [0.29, 0.717) is 3.63 Å². The molecule has 0 unspecified atom stereocenters. The van der Waals surface area contributed by atoms with Gasteiger partial charge in [0.1, 0.15) is 0 Å². The first-order valence-electron chi connectivity index (χ1n) is 11.7. The maximum absolute atomic E-state index is 2.52. The summed E-state index contributed by atoms with van der Waals surface area (Å²) in [4.78, 5) is 0. The molecule has 35 heavy (non-hydrogen) atoms. The quantitative estimate of drug-likeness (QED) is 0.351. The number of hydrogen-bond acceptors (Lipinski definition) is 0. The Kier molecular flexibility index (Phi) is 8.23. The van der Waals surface area contributed by atoms with Gasteiger partial charge in [0.15, 0.2) is 0 Å². The van der Waals surface area contributed by atoms with E-state index < -0.39 is 21.3 Å². The summed E-state index contributed by atoms with van der Waals surface area (Å²) in [5, 5.41) is 0. The van der Waals surface area contributed by atoms with E-state index in [1.165, 1.54) is 39.0 Å². The summed E-state index contributed by atoms with van der Waals surface area (Å²) >= 11 is -2.51.